The fourth-order valence-corrected chi connectivity index (χ4v) is 0.342. The van der Waals surface area contributed by atoms with E-state index in [1.807, 2.05) is 0 Å². The SMILES string of the molecule is CC(=O)OSN=C(N)N. The number of carbonyl (C=O) groups excluding carboxylic acids is 1. The van der Waals surface area contributed by atoms with Crippen LogP contribution in [0.1, 0.15) is 6.92 Å². The summed E-state index contributed by atoms with van der Waals surface area (Å²) in [6, 6.07) is 0. The van der Waals surface area contributed by atoms with Gasteiger partial charge in [-0.2, -0.15) is 0 Å². The average molecular weight is 149 g/mol. The van der Waals surface area contributed by atoms with Crippen LogP contribution in [0.25, 0.3) is 0 Å². The second-order valence-corrected chi connectivity index (χ2v) is 1.66. The number of rotatable bonds is 2. The normalized spacial score (nSPS) is 8.11. The quantitative estimate of drug-likeness (QED) is 0.236. The Bertz CT molecular complexity index is 131. The Kier molecular flexibility index (Phi) is 3.61. The van der Waals surface area contributed by atoms with Gasteiger partial charge in [-0.15, -0.1) is 4.40 Å². The van der Waals surface area contributed by atoms with Crippen LogP contribution in [-0.2, 0) is 8.98 Å². The lowest BCUT2D eigenvalue weighted by Gasteiger charge is -1.90. The summed E-state index contributed by atoms with van der Waals surface area (Å²) in [6.07, 6.45) is 0. The van der Waals surface area contributed by atoms with Crippen molar-refractivity contribution in [2.45, 2.75) is 6.92 Å². The van der Waals surface area contributed by atoms with E-state index in [2.05, 4.69) is 8.58 Å². The largest absolute Gasteiger partial charge is 0.369 e. The van der Waals surface area contributed by atoms with Crippen LogP contribution in [0.5, 0.6) is 0 Å². The molecule has 9 heavy (non-hydrogen) atoms. The molecule has 0 aliphatic carbocycles. The van der Waals surface area contributed by atoms with Crippen molar-refractivity contribution < 1.29 is 8.98 Å². The molecule has 0 unspecified atom stereocenters. The summed E-state index contributed by atoms with van der Waals surface area (Å²) in [5.41, 5.74) is 9.79. The van der Waals surface area contributed by atoms with Crippen LogP contribution >= 0.6 is 12.2 Å². The molecule has 6 heteroatoms. The summed E-state index contributed by atoms with van der Waals surface area (Å²) in [4.78, 5) is 10.0. The van der Waals surface area contributed by atoms with Crippen LogP contribution in [0.4, 0.5) is 0 Å². The Balaban J connectivity index is 3.31. The maximum atomic E-state index is 10.0. The molecular weight excluding hydrogens is 142 g/mol. The standard InChI is InChI=1S/C3H7N3O2S/c1-2(7)8-9-6-3(4)5/h1H3,(H4,4,5,6). The van der Waals surface area contributed by atoms with E-state index in [-0.39, 0.29) is 5.96 Å². The molecule has 0 aliphatic heterocycles. The minimum Gasteiger partial charge on any atom is -0.369 e. The molecule has 0 aliphatic rings. The average Bonchev–Trinajstić information content (AvgIpc) is 1.63. The van der Waals surface area contributed by atoms with Crippen LogP contribution in [-0.4, -0.2) is 11.9 Å². The molecule has 52 valence electrons. The molecule has 0 rings (SSSR count). The summed E-state index contributed by atoms with van der Waals surface area (Å²) in [5, 5.41) is 0. The summed E-state index contributed by atoms with van der Waals surface area (Å²) >= 11 is 0.558. The smallest absolute Gasteiger partial charge is 0.316 e. The topological polar surface area (TPSA) is 90.7 Å². The molecule has 0 amide bonds. The van der Waals surface area contributed by atoms with Gasteiger partial charge in [0, 0.05) is 6.92 Å². The molecular formula is C3H7N3O2S. The van der Waals surface area contributed by atoms with Crippen molar-refractivity contribution in [2.24, 2.45) is 15.9 Å². The van der Waals surface area contributed by atoms with Gasteiger partial charge < -0.3 is 15.7 Å². The third kappa shape index (κ3) is 7.09. The second kappa shape index (κ2) is 4.02. The van der Waals surface area contributed by atoms with E-state index < -0.39 is 5.97 Å². The highest BCUT2D eigenvalue weighted by Gasteiger charge is 1.90. The second-order valence-electron chi connectivity index (χ2n) is 1.17. The molecule has 0 radical (unpaired) electrons. The summed E-state index contributed by atoms with van der Waals surface area (Å²) in [5.74, 6) is -0.564. The van der Waals surface area contributed by atoms with E-state index in [1.54, 1.807) is 0 Å². The molecule has 0 aromatic carbocycles. The van der Waals surface area contributed by atoms with Gasteiger partial charge in [-0.25, -0.2) is 0 Å². The maximum Gasteiger partial charge on any atom is 0.316 e. The number of hydrogen-bond donors (Lipinski definition) is 2. The van der Waals surface area contributed by atoms with Crippen molar-refractivity contribution in [3.05, 3.63) is 0 Å². The van der Waals surface area contributed by atoms with Gasteiger partial charge in [-0.1, -0.05) is 0 Å². The van der Waals surface area contributed by atoms with Gasteiger partial charge in [0.15, 0.2) is 0 Å². The van der Waals surface area contributed by atoms with E-state index in [4.69, 9.17) is 11.5 Å². The van der Waals surface area contributed by atoms with Crippen LogP contribution in [0.15, 0.2) is 4.40 Å². The van der Waals surface area contributed by atoms with Crippen LogP contribution in [0, 0.1) is 0 Å². The molecule has 0 saturated heterocycles. The van der Waals surface area contributed by atoms with E-state index in [9.17, 15) is 4.79 Å². The number of hydrogen-bond acceptors (Lipinski definition) is 4. The molecule has 4 N–H and O–H groups in total. The highest BCUT2D eigenvalue weighted by atomic mass is 32.2. The lowest BCUT2D eigenvalue weighted by molar-refractivity contribution is -0.130. The fraction of sp³-hybridized carbons (Fsp3) is 0.333. The van der Waals surface area contributed by atoms with Crippen LogP contribution < -0.4 is 11.5 Å². The summed E-state index contributed by atoms with van der Waals surface area (Å²) in [7, 11) is 0. The van der Waals surface area contributed by atoms with Crippen molar-refractivity contribution >= 4 is 24.2 Å². The Hall–Kier alpha value is -0.910. The molecule has 0 fully saturated rings. The third-order valence-electron chi connectivity index (χ3n) is 0.297. The monoisotopic (exact) mass is 149 g/mol. The lowest BCUT2D eigenvalue weighted by atomic mass is 10.9. The zero-order valence-corrected chi connectivity index (χ0v) is 5.64. The van der Waals surface area contributed by atoms with Gasteiger partial charge in [0.05, 0.1) is 0 Å². The van der Waals surface area contributed by atoms with Gasteiger partial charge in [0.1, 0.15) is 0 Å². The number of nitrogens with zero attached hydrogens (tertiary/aromatic N) is 1. The van der Waals surface area contributed by atoms with E-state index in [0.29, 0.717) is 12.2 Å². The molecule has 5 nitrogen and oxygen atoms in total. The van der Waals surface area contributed by atoms with Crippen LogP contribution in [0.3, 0.4) is 0 Å². The highest BCUT2D eigenvalue weighted by molar-refractivity contribution is 7.93. The minimum absolute atomic E-state index is 0.124. The predicted molar refractivity (Wildman–Crippen MR) is 35.2 cm³/mol. The molecule has 0 saturated carbocycles. The Morgan fingerprint density at radius 3 is 2.56 bits per heavy atom. The molecule has 0 aromatic heterocycles. The first-order valence-corrected chi connectivity index (χ1v) is 2.76. The molecule has 0 spiro atoms. The number of nitrogens with two attached hydrogens (primary N) is 2. The highest BCUT2D eigenvalue weighted by Crippen LogP contribution is 2.01. The maximum absolute atomic E-state index is 10.0. The fourth-order valence-electron chi connectivity index (χ4n) is 0.114. The van der Waals surface area contributed by atoms with Gasteiger partial charge in [0.2, 0.25) is 18.2 Å². The third-order valence-corrected chi connectivity index (χ3v) is 0.892. The van der Waals surface area contributed by atoms with Crippen molar-refractivity contribution in [1.82, 2.24) is 0 Å². The molecule has 0 atom stereocenters. The van der Waals surface area contributed by atoms with Gasteiger partial charge in [-0.05, 0) is 0 Å². The van der Waals surface area contributed by atoms with E-state index in [1.165, 1.54) is 6.92 Å². The Morgan fingerprint density at radius 2 is 2.22 bits per heavy atom. The number of guanidine groups is 1. The summed E-state index contributed by atoms with van der Waals surface area (Å²) < 4.78 is 7.59. The first kappa shape index (κ1) is 8.09. The first-order chi connectivity index (χ1) is 4.13. The van der Waals surface area contributed by atoms with Gasteiger partial charge in [-0.3, -0.25) is 4.79 Å². The Labute approximate surface area is 56.8 Å². The zero-order valence-electron chi connectivity index (χ0n) is 4.83. The van der Waals surface area contributed by atoms with Crippen molar-refractivity contribution in [2.75, 3.05) is 0 Å². The molecule has 0 heterocycles. The number of carbonyl (C=O) groups is 1. The van der Waals surface area contributed by atoms with Crippen molar-refractivity contribution in [3.8, 4) is 0 Å². The van der Waals surface area contributed by atoms with Crippen molar-refractivity contribution in [3.63, 3.8) is 0 Å². The summed E-state index contributed by atoms with van der Waals surface area (Å²) in [6.45, 7) is 1.26. The van der Waals surface area contributed by atoms with E-state index in [0.717, 1.165) is 0 Å². The predicted octanol–water partition coefficient (Wildman–Crippen LogP) is -0.614. The molecule has 0 bridgehead atoms. The van der Waals surface area contributed by atoms with Gasteiger partial charge in [0.25, 0.3) is 0 Å². The Morgan fingerprint density at radius 1 is 1.67 bits per heavy atom. The van der Waals surface area contributed by atoms with Crippen LogP contribution in [0.2, 0.25) is 0 Å². The lowest BCUT2D eigenvalue weighted by Crippen LogP contribution is -2.21. The van der Waals surface area contributed by atoms with E-state index >= 15 is 0 Å². The molecule has 0 aromatic rings. The minimum atomic E-state index is -0.440. The first-order valence-electron chi connectivity index (χ1n) is 2.06. The van der Waals surface area contributed by atoms with Crippen molar-refractivity contribution in [1.29, 1.82) is 0 Å². The zero-order chi connectivity index (χ0) is 7.28. The van der Waals surface area contributed by atoms with Gasteiger partial charge >= 0.3 is 5.97 Å².